The molecule has 0 amide bonds. The van der Waals surface area contributed by atoms with Crippen molar-refractivity contribution in [2.75, 3.05) is 12.4 Å². The molecule has 3 nitrogen and oxygen atoms in total. The minimum atomic E-state index is 0.107. The highest BCUT2D eigenvalue weighted by Crippen LogP contribution is 2.29. The minimum Gasteiger partial charge on any atom is -0.495 e. The van der Waals surface area contributed by atoms with Gasteiger partial charge in [-0.1, -0.05) is 23.2 Å². The summed E-state index contributed by atoms with van der Waals surface area (Å²) in [4.78, 5) is 0. The molecular weight excluding hydrogens is 321 g/mol. The summed E-state index contributed by atoms with van der Waals surface area (Å²) in [5, 5.41) is 4.56. The van der Waals surface area contributed by atoms with Gasteiger partial charge < -0.3 is 14.8 Å². The summed E-state index contributed by atoms with van der Waals surface area (Å²) in [6.45, 7) is 4.58. The molecule has 0 spiro atoms. The number of halogens is 2. The zero-order valence-electron chi connectivity index (χ0n) is 12.8. The highest BCUT2D eigenvalue weighted by atomic mass is 35.5. The van der Waals surface area contributed by atoms with Crippen LogP contribution in [-0.2, 0) is 6.54 Å². The highest BCUT2D eigenvalue weighted by Gasteiger charge is 2.08. The molecule has 118 valence electrons. The summed E-state index contributed by atoms with van der Waals surface area (Å²) in [6.07, 6.45) is 0.107. The molecule has 0 aliphatic carbocycles. The minimum absolute atomic E-state index is 0.107. The molecule has 2 rings (SSSR count). The number of nitrogens with one attached hydrogen (secondary N) is 1. The summed E-state index contributed by atoms with van der Waals surface area (Å²) in [7, 11) is 1.59. The Morgan fingerprint density at radius 3 is 2.41 bits per heavy atom. The van der Waals surface area contributed by atoms with Gasteiger partial charge in [0.25, 0.3) is 0 Å². The fourth-order valence-corrected chi connectivity index (χ4v) is 2.48. The lowest BCUT2D eigenvalue weighted by Crippen LogP contribution is -2.09. The molecule has 0 saturated carbocycles. The first-order valence-electron chi connectivity index (χ1n) is 7.02. The van der Waals surface area contributed by atoms with Crippen LogP contribution in [0.5, 0.6) is 11.5 Å². The van der Waals surface area contributed by atoms with Crippen LogP contribution >= 0.6 is 23.2 Å². The number of hydrogen-bond acceptors (Lipinski definition) is 3. The molecule has 5 heteroatoms. The molecule has 0 saturated heterocycles. The number of methoxy groups -OCH3 is 1. The van der Waals surface area contributed by atoms with E-state index in [4.69, 9.17) is 32.7 Å². The summed E-state index contributed by atoms with van der Waals surface area (Å²) in [5.74, 6) is 1.48. The molecule has 0 unspecified atom stereocenters. The molecule has 0 fully saturated rings. The Kier molecular flexibility index (Phi) is 5.81. The monoisotopic (exact) mass is 339 g/mol. The molecule has 0 aliphatic heterocycles. The van der Waals surface area contributed by atoms with Crippen LogP contribution in [0.15, 0.2) is 36.4 Å². The predicted molar refractivity (Wildman–Crippen MR) is 92.5 cm³/mol. The van der Waals surface area contributed by atoms with Crippen LogP contribution in [-0.4, -0.2) is 13.2 Å². The van der Waals surface area contributed by atoms with Crippen LogP contribution in [0, 0.1) is 0 Å². The molecule has 0 radical (unpaired) electrons. The van der Waals surface area contributed by atoms with Crippen molar-refractivity contribution < 1.29 is 9.47 Å². The van der Waals surface area contributed by atoms with Gasteiger partial charge in [-0.05, 0) is 50.2 Å². The van der Waals surface area contributed by atoms with Gasteiger partial charge in [-0.25, -0.2) is 0 Å². The molecule has 0 aliphatic rings. The highest BCUT2D eigenvalue weighted by molar-refractivity contribution is 6.32. The lowest BCUT2D eigenvalue weighted by Gasteiger charge is -2.16. The van der Waals surface area contributed by atoms with Gasteiger partial charge in [0.1, 0.15) is 11.5 Å². The van der Waals surface area contributed by atoms with E-state index in [1.807, 2.05) is 50.2 Å². The van der Waals surface area contributed by atoms with Gasteiger partial charge in [0.2, 0.25) is 0 Å². The average Bonchev–Trinajstić information content (AvgIpc) is 2.47. The Hall–Kier alpha value is -1.58. The molecule has 2 aromatic carbocycles. The van der Waals surface area contributed by atoms with Crippen LogP contribution in [0.4, 0.5) is 5.69 Å². The Morgan fingerprint density at radius 2 is 1.77 bits per heavy atom. The van der Waals surface area contributed by atoms with Crippen molar-refractivity contribution in [3.63, 3.8) is 0 Å². The summed E-state index contributed by atoms with van der Waals surface area (Å²) < 4.78 is 10.9. The second-order valence-corrected chi connectivity index (χ2v) is 5.97. The topological polar surface area (TPSA) is 30.5 Å². The van der Waals surface area contributed by atoms with E-state index in [1.165, 1.54) is 0 Å². The zero-order valence-corrected chi connectivity index (χ0v) is 14.3. The van der Waals surface area contributed by atoms with E-state index in [-0.39, 0.29) is 6.10 Å². The SMILES string of the molecule is COc1ccc(NCc2cc(Cl)ccc2OC(C)C)cc1Cl. The maximum absolute atomic E-state index is 6.13. The first-order chi connectivity index (χ1) is 10.5. The largest absolute Gasteiger partial charge is 0.495 e. The number of benzene rings is 2. The molecule has 0 heterocycles. The van der Waals surface area contributed by atoms with Crippen molar-refractivity contribution in [3.8, 4) is 11.5 Å². The zero-order chi connectivity index (χ0) is 16.1. The molecule has 2 aromatic rings. The maximum Gasteiger partial charge on any atom is 0.137 e. The Labute approximate surface area is 141 Å². The standard InChI is InChI=1S/C17H19Cl2NO2/c1-11(2)22-16-6-4-13(18)8-12(16)10-20-14-5-7-17(21-3)15(19)9-14/h4-9,11,20H,10H2,1-3H3. The Bertz CT molecular complexity index is 645. The van der Waals surface area contributed by atoms with Gasteiger partial charge in [0, 0.05) is 22.8 Å². The van der Waals surface area contributed by atoms with E-state index in [9.17, 15) is 0 Å². The van der Waals surface area contributed by atoms with Crippen LogP contribution < -0.4 is 14.8 Å². The van der Waals surface area contributed by atoms with E-state index in [0.29, 0.717) is 22.3 Å². The van der Waals surface area contributed by atoms with E-state index in [1.54, 1.807) is 7.11 Å². The van der Waals surface area contributed by atoms with Crippen molar-refractivity contribution in [3.05, 3.63) is 52.0 Å². The van der Waals surface area contributed by atoms with E-state index < -0.39 is 0 Å². The molecule has 0 aromatic heterocycles. The second kappa shape index (κ2) is 7.61. The van der Waals surface area contributed by atoms with Crippen molar-refractivity contribution in [2.24, 2.45) is 0 Å². The normalized spacial score (nSPS) is 10.6. The van der Waals surface area contributed by atoms with Gasteiger partial charge in [-0.3, -0.25) is 0 Å². The van der Waals surface area contributed by atoms with E-state index >= 15 is 0 Å². The number of rotatable bonds is 6. The molecule has 22 heavy (non-hydrogen) atoms. The van der Waals surface area contributed by atoms with Gasteiger partial charge in [0.05, 0.1) is 18.2 Å². The fraction of sp³-hybridized carbons (Fsp3) is 0.294. The molecule has 1 N–H and O–H groups in total. The van der Waals surface area contributed by atoms with Gasteiger partial charge in [0.15, 0.2) is 0 Å². The first kappa shape index (κ1) is 16.8. The molecule has 0 atom stereocenters. The lowest BCUT2D eigenvalue weighted by atomic mass is 10.2. The lowest BCUT2D eigenvalue weighted by molar-refractivity contribution is 0.240. The van der Waals surface area contributed by atoms with Crippen molar-refractivity contribution in [2.45, 2.75) is 26.5 Å². The third-order valence-corrected chi connectivity index (χ3v) is 3.55. The van der Waals surface area contributed by atoms with Crippen LogP contribution in [0.3, 0.4) is 0 Å². The molecular formula is C17H19Cl2NO2. The van der Waals surface area contributed by atoms with Crippen molar-refractivity contribution >= 4 is 28.9 Å². The second-order valence-electron chi connectivity index (χ2n) is 5.12. The van der Waals surface area contributed by atoms with Crippen molar-refractivity contribution in [1.82, 2.24) is 0 Å². The quantitative estimate of drug-likeness (QED) is 0.764. The van der Waals surface area contributed by atoms with Gasteiger partial charge >= 0.3 is 0 Å². The Morgan fingerprint density at radius 1 is 1.05 bits per heavy atom. The van der Waals surface area contributed by atoms with E-state index in [2.05, 4.69) is 5.32 Å². The smallest absolute Gasteiger partial charge is 0.137 e. The summed E-state index contributed by atoms with van der Waals surface area (Å²) >= 11 is 12.2. The average molecular weight is 340 g/mol. The van der Waals surface area contributed by atoms with E-state index in [0.717, 1.165) is 17.0 Å². The maximum atomic E-state index is 6.13. The fourth-order valence-electron chi connectivity index (χ4n) is 2.03. The first-order valence-corrected chi connectivity index (χ1v) is 7.77. The van der Waals surface area contributed by atoms with Crippen LogP contribution in [0.1, 0.15) is 19.4 Å². The molecule has 0 bridgehead atoms. The number of ether oxygens (including phenoxy) is 2. The van der Waals surface area contributed by atoms with Crippen molar-refractivity contribution in [1.29, 1.82) is 0 Å². The third-order valence-electron chi connectivity index (χ3n) is 3.02. The predicted octanol–water partition coefficient (Wildman–Crippen LogP) is 5.40. The number of hydrogen-bond donors (Lipinski definition) is 1. The third kappa shape index (κ3) is 4.46. The Balaban J connectivity index is 2.13. The van der Waals surface area contributed by atoms with Crippen LogP contribution in [0.25, 0.3) is 0 Å². The number of anilines is 1. The summed E-state index contributed by atoms with van der Waals surface area (Å²) in [5.41, 5.74) is 1.90. The summed E-state index contributed by atoms with van der Waals surface area (Å²) in [6, 6.07) is 11.2. The van der Waals surface area contributed by atoms with Crippen LogP contribution in [0.2, 0.25) is 10.0 Å². The van der Waals surface area contributed by atoms with Gasteiger partial charge in [-0.15, -0.1) is 0 Å². The van der Waals surface area contributed by atoms with Gasteiger partial charge in [-0.2, -0.15) is 0 Å².